The summed E-state index contributed by atoms with van der Waals surface area (Å²) < 4.78 is 5.79. The smallest absolute Gasteiger partial charge is 0.148 e. The van der Waals surface area contributed by atoms with Crippen LogP contribution in [0.2, 0.25) is 5.02 Å². The van der Waals surface area contributed by atoms with Gasteiger partial charge in [0.2, 0.25) is 0 Å². The normalized spacial score (nSPS) is 10.0. The Hall–Kier alpha value is -2.05. The summed E-state index contributed by atoms with van der Waals surface area (Å²) >= 11 is 5.98. The Labute approximate surface area is 117 Å². The van der Waals surface area contributed by atoms with E-state index in [1.54, 1.807) is 18.2 Å². The lowest BCUT2D eigenvalue weighted by molar-refractivity contribution is 0.471. The Morgan fingerprint density at radius 2 is 2.05 bits per heavy atom. The fourth-order valence-corrected chi connectivity index (χ4v) is 1.97. The van der Waals surface area contributed by atoms with Gasteiger partial charge in [-0.15, -0.1) is 0 Å². The zero-order valence-corrected chi connectivity index (χ0v) is 11.5. The number of aromatic nitrogens is 1. The van der Waals surface area contributed by atoms with Crippen LogP contribution in [0.1, 0.15) is 23.9 Å². The third-order valence-electron chi connectivity index (χ3n) is 2.71. The number of benzene rings is 1. The van der Waals surface area contributed by atoms with Crippen LogP contribution in [0.3, 0.4) is 0 Å². The number of ether oxygens (including phenoxy) is 1. The van der Waals surface area contributed by atoms with Gasteiger partial charge < -0.3 is 4.74 Å². The second-order valence-corrected chi connectivity index (χ2v) is 4.49. The third-order valence-corrected chi connectivity index (χ3v) is 3.03. The number of nitrogens with zero attached hydrogens (tertiary/aromatic N) is 2. The van der Waals surface area contributed by atoms with Gasteiger partial charge in [0.25, 0.3) is 0 Å². The summed E-state index contributed by atoms with van der Waals surface area (Å²) in [5, 5.41) is 9.50. The molecule has 3 nitrogen and oxygen atoms in total. The van der Waals surface area contributed by atoms with Crippen molar-refractivity contribution >= 4 is 11.6 Å². The highest BCUT2D eigenvalue weighted by Crippen LogP contribution is 2.31. The van der Waals surface area contributed by atoms with E-state index in [4.69, 9.17) is 21.6 Å². The lowest BCUT2D eigenvalue weighted by Crippen LogP contribution is -1.97. The van der Waals surface area contributed by atoms with Crippen LogP contribution >= 0.6 is 11.6 Å². The van der Waals surface area contributed by atoms with E-state index in [9.17, 15) is 0 Å². The maximum absolute atomic E-state index is 9.12. The molecule has 0 aliphatic heterocycles. The van der Waals surface area contributed by atoms with Crippen molar-refractivity contribution < 1.29 is 4.74 Å². The fraction of sp³-hybridized carbons (Fsp3) is 0.200. The molecule has 0 N–H and O–H groups in total. The second-order valence-electron chi connectivity index (χ2n) is 4.08. The van der Waals surface area contributed by atoms with E-state index >= 15 is 0 Å². The fourth-order valence-electron chi connectivity index (χ4n) is 1.76. The third kappa shape index (κ3) is 2.86. The van der Waals surface area contributed by atoms with Crippen molar-refractivity contribution in [3.63, 3.8) is 0 Å². The van der Waals surface area contributed by atoms with E-state index in [1.165, 1.54) is 0 Å². The molecule has 1 aromatic heterocycles. The summed E-state index contributed by atoms with van der Waals surface area (Å²) in [5.41, 5.74) is 2.14. The van der Waals surface area contributed by atoms with Crippen molar-refractivity contribution in [3.8, 4) is 17.6 Å². The van der Waals surface area contributed by atoms with Crippen LogP contribution < -0.4 is 4.74 Å². The van der Waals surface area contributed by atoms with Crippen LogP contribution in [0.25, 0.3) is 0 Å². The molecule has 0 atom stereocenters. The maximum Gasteiger partial charge on any atom is 0.148 e. The van der Waals surface area contributed by atoms with Crippen LogP contribution in [0.5, 0.6) is 11.5 Å². The maximum atomic E-state index is 9.12. The van der Waals surface area contributed by atoms with Gasteiger partial charge >= 0.3 is 0 Å². The Morgan fingerprint density at radius 3 is 2.74 bits per heavy atom. The Kier molecular flexibility index (Phi) is 4.03. The Balaban J connectivity index is 2.42. The van der Waals surface area contributed by atoms with Crippen molar-refractivity contribution in [1.29, 1.82) is 5.26 Å². The van der Waals surface area contributed by atoms with E-state index < -0.39 is 0 Å². The number of pyridine rings is 1. The molecule has 0 saturated carbocycles. The molecule has 0 aliphatic rings. The number of halogens is 1. The first kappa shape index (κ1) is 13.4. The zero-order chi connectivity index (χ0) is 13.8. The molecule has 0 bridgehead atoms. The predicted octanol–water partition coefficient (Wildman–Crippen LogP) is 4.27. The second kappa shape index (κ2) is 5.73. The number of hydrogen-bond acceptors (Lipinski definition) is 3. The molecule has 1 heterocycles. The van der Waals surface area contributed by atoms with E-state index in [-0.39, 0.29) is 0 Å². The van der Waals surface area contributed by atoms with Gasteiger partial charge in [0.05, 0.1) is 10.7 Å². The lowest BCUT2D eigenvalue weighted by Gasteiger charge is -2.11. The minimum atomic E-state index is 0.340. The van der Waals surface area contributed by atoms with Crippen LogP contribution in [-0.2, 0) is 6.42 Å². The summed E-state index contributed by atoms with van der Waals surface area (Å²) in [6, 6.07) is 10.9. The highest BCUT2D eigenvalue weighted by Gasteiger charge is 2.11. The van der Waals surface area contributed by atoms with Gasteiger partial charge in [-0.05, 0) is 37.6 Å². The average molecular weight is 273 g/mol. The Bertz CT molecular complexity index is 647. The van der Waals surface area contributed by atoms with E-state index in [0.717, 1.165) is 17.8 Å². The molecule has 4 heteroatoms. The first-order valence-electron chi connectivity index (χ1n) is 5.98. The van der Waals surface area contributed by atoms with Gasteiger partial charge in [-0.3, -0.25) is 4.98 Å². The first-order chi connectivity index (χ1) is 9.15. The van der Waals surface area contributed by atoms with Gasteiger partial charge in [-0.1, -0.05) is 24.6 Å². The summed E-state index contributed by atoms with van der Waals surface area (Å²) in [6.07, 6.45) is 0.763. The van der Waals surface area contributed by atoms with Crippen LogP contribution in [0, 0.1) is 18.3 Å². The standard InChI is InChI=1S/C15H13ClN2O/c1-3-13-15(8-7-10(2)18-13)19-14-6-4-5-12(16)11(14)9-17/h4-8H,3H2,1-2H3. The zero-order valence-electron chi connectivity index (χ0n) is 10.8. The van der Waals surface area contributed by atoms with Crippen LogP contribution in [-0.4, -0.2) is 4.98 Å². The van der Waals surface area contributed by atoms with E-state index in [2.05, 4.69) is 11.1 Å². The topological polar surface area (TPSA) is 45.9 Å². The number of rotatable bonds is 3. The van der Waals surface area contributed by atoms with Gasteiger partial charge in [0.15, 0.2) is 0 Å². The molecule has 2 aromatic rings. The van der Waals surface area contributed by atoms with Crippen LogP contribution in [0.15, 0.2) is 30.3 Å². The van der Waals surface area contributed by atoms with Crippen molar-refractivity contribution in [3.05, 3.63) is 52.3 Å². The molecular formula is C15H13ClN2O. The molecule has 0 amide bonds. The number of nitriles is 1. The van der Waals surface area contributed by atoms with Crippen LogP contribution in [0.4, 0.5) is 0 Å². The minimum absolute atomic E-state index is 0.340. The van der Waals surface area contributed by atoms with Gasteiger partial charge in [0, 0.05) is 5.69 Å². The number of aryl methyl sites for hydroxylation is 2. The van der Waals surface area contributed by atoms with Crippen molar-refractivity contribution in [2.75, 3.05) is 0 Å². The molecule has 0 unspecified atom stereocenters. The van der Waals surface area contributed by atoms with E-state index in [1.807, 2.05) is 26.0 Å². The molecule has 0 fully saturated rings. The predicted molar refractivity (Wildman–Crippen MR) is 74.6 cm³/mol. The largest absolute Gasteiger partial charge is 0.454 e. The van der Waals surface area contributed by atoms with Gasteiger partial charge in [0.1, 0.15) is 23.1 Å². The molecule has 96 valence electrons. The van der Waals surface area contributed by atoms with Gasteiger partial charge in [-0.25, -0.2) is 0 Å². The summed E-state index contributed by atoms with van der Waals surface area (Å²) in [4.78, 5) is 4.42. The summed E-state index contributed by atoms with van der Waals surface area (Å²) in [7, 11) is 0. The molecule has 0 saturated heterocycles. The molecule has 0 aliphatic carbocycles. The average Bonchev–Trinajstić information content (AvgIpc) is 2.41. The molecule has 19 heavy (non-hydrogen) atoms. The first-order valence-corrected chi connectivity index (χ1v) is 6.36. The Morgan fingerprint density at radius 1 is 1.26 bits per heavy atom. The molecule has 2 rings (SSSR count). The van der Waals surface area contributed by atoms with Gasteiger partial charge in [-0.2, -0.15) is 5.26 Å². The molecule has 0 spiro atoms. The summed E-state index contributed by atoms with van der Waals surface area (Å²) in [5.74, 6) is 1.11. The number of hydrogen-bond donors (Lipinski definition) is 0. The minimum Gasteiger partial charge on any atom is -0.454 e. The van der Waals surface area contributed by atoms with Crippen molar-refractivity contribution in [1.82, 2.24) is 4.98 Å². The SMILES string of the molecule is CCc1nc(C)ccc1Oc1cccc(Cl)c1C#N. The molecule has 1 aromatic carbocycles. The highest BCUT2D eigenvalue weighted by molar-refractivity contribution is 6.31. The van der Waals surface area contributed by atoms with E-state index in [0.29, 0.717) is 22.1 Å². The monoisotopic (exact) mass is 272 g/mol. The quantitative estimate of drug-likeness (QED) is 0.838. The van der Waals surface area contributed by atoms with Crippen molar-refractivity contribution in [2.45, 2.75) is 20.3 Å². The molecular weight excluding hydrogens is 260 g/mol. The summed E-state index contributed by atoms with van der Waals surface area (Å²) in [6.45, 7) is 3.95. The van der Waals surface area contributed by atoms with Crippen molar-refractivity contribution in [2.24, 2.45) is 0 Å². The highest BCUT2D eigenvalue weighted by atomic mass is 35.5. The molecule has 0 radical (unpaired) electrons. The lowest BCUT2D eigenvalue weighted by atomic mass is 10.2.